The summed E-state index contributed by atoms with van der Waals surface area (Å²) in [6, 6.07) is 4.32. The summed E-state index contributed by atoms with van der Waals surface area (Å²) >= 11 is 0. The van der Waals surface area contributed by atoms with E-state index in [1.807, 2.05) is 11.9 Å². The van der Waals surface area contributed by atoms with Crippen molar-refractivity contribution in [3.63, 3.8) is 0 Å². The molecule has 3 rings (SSSR count). The first-order valence-electron chi connectivity index (χ1n) is 6.69. The van der Waals surface area contributed by atoms with E-state index in [4.69, 9.17) is 0 Å². The highest BCUT2D eigenvalue weighted by Crippen LogP contribution is 2.44. The molecular weight excluding hydrogens is 224 g/mol. The molecule has 1 aromatic carbocycles. The number of anilines is 1. The number of aryl methyl sites for hydroxylation is 2. The SMILES string of the molecule is Cc1ccc(C)c2c1C1CCNCC1C(=O)N2C. The normalized spacial score (nSPS) is 26.8. The van der Waals surface area contributed by atoms with E-state index >= 15 is 0 Å². The van der Waals surface area contributed by atoms with E-state index in [0.717, 1.165) is 25.2 Å². The van der Waals surface area contributed by atoms with E-state index in [0.29, 0.717) is 5.92 Å². The van der Waals surface area contributed by atoms with Crippen LogP contribution in [0.1, 0.15) is 29.0 Å². The van der Waals surface area contributed by atoms with Gasteiger partial charge in [-0.3, -0.25) is 4.79 Å². The van der Waals surface area contributed by atoms with E-state index in [-0.39, 0.29) is 11.8 Å². The van der Waals surface area contributed by atoms with Gasteiger partial charge in [0.15, 0.2) is 0 Å². The maximum absolute atomic E-state index is 12.5. The van der Waals surface area contributed by atoms with Gasteiger partial charge in [-0.25, -0.2) is 0 Å². The van der Waals surface area contributed by atoms with Gasteiger partial charge >= 0.3 is 0 Å². The zero-order chi connectivity index (χ0) is 12.9. The Morgan fingerprint density at radius 1 is 1.22 bits per heavy atom. The summed E-state index contributed by atoms with van der Waals surface area (Å²) in [4.78, 5) is 14.3. The van der Waals surface area contributed by atoms with Gasteiger partial charge in [0, 0.05) is 25.2 Å². The summed E-state index contributed by atoms with van der Waals surface area (Å²) < 4.78 is 0. The Hall–Kier alpha value is -1.35. The molecule has 0 saturated carbocycles. The maximum atomic E-state index is 12.5. The Kier molecular flexibility index (Phi) is 2.67. The molecule has 0 spiro atoms. The second-order valence-corrected chi connectivity index (χ2v) is 5.56. The summed E-state index contributed by atoms with van der Waals surface area (Å²) in [6.07, 6.45) is 1.07. The fraction of sp³-hybridized carbons (Fsp3) is 0.533. The lowest BCUT2D eigenvalue weighted by atomic mass is 9.74. The highest BCUT2D eigenvalue weighted by Gasteiger charge is 2.41. The van der Waals surface area contributed by atoms with E-state index < -0.39 is 0 Å². The van der Waals surface area contributed by atoms with Crippen LogP contribution in [0.3, 0.4) is 0 Å². The molecule has 96 valence electrons. The molecule has 2 atom stereocenters. The topological polar surface area (TPSA) is 32.3 Å². The molecule has 2 aliphatic rings. The summed E-state index contributed by atoms with van der Waals surface area (Å²) in [7, 11) is 1.92. The Morgan fingerprint density at radius 3 is 2.72 bits per heavy atom. The first-order valence-corrected chi connectivity index (χ1v) is 6.69. The minimum Gasteiger partial charge on any atom is -0.316 e. The van der Waals surface area contributed by atoms with Crippen LogP contribution in [0.25, 0.3) is 0 Å². The lowest BCUT2D eigenvalue weighted by Crippen LogP contribution is -2.49. The number of carbonyl (C=O) groups excluding carboxylic acids is 1. The van der Waals surface area contributed by atoms with E-state index in [1.54, 1.807) is 0 Å². The van der Waals surface area contributed by atoms with Gasteiger partial charge in [0.2, 0.25) is 5.91 Å². The largest absolute Gasteiger partial charge is 0.316 e. The van der Waals surface area contributed by atoms with Gasteiger partial charge in [-0.2, -0.15) is 0 Å². The number of amides is 1. The lowest BCUT2D eigenvalue weighted by molar-refractivity contribution is -0.123. The number of fused-ring (bicyclic) bond motifs is 3. The van der Waals surface area contributed by atoms with E-state index in [1.165, 1.54) is 16.7 Å². The van der Waals surface area contributed by atoms with Crippen molar-refractivity contribution in [2.75, 3.05) is 25.0 Å². The molecule has 18 heavy (non-hydrogen) atoms. The van der Waals surface area contributed by atoms with Crippen molar-refractivity contribution < 1.29 is 4.79 Å². The van der Waals surface area contributed by atoms with Crippen LogP contribution in [-0.2, 0) is 4.79 Å². The third-order valence-electron chi connectivity index (χ3n) is 4.47. The molecule has 2 unspecified atom stereocenters. The molecule has 0 aromatic heterocycles. The van der Waals surface area contributed by atoms with Crippen LogP contribution in [-0.4, -0.2) is 26.0 Å². The molecule has 1 N–H and O–H groups in total. The monoisotopic (exact) mass is 244 g/mol. The van der Waals surface area contributed by atoms with Crippen LogP contribution < -0.4 is 10.2 Å². The molecule has 1 aromatic rings. The van der Waals surface area contributed by atoms with Gasteiger partial charge in [0.05, 0.1) is 5.92 Å². The lowest BCUT2D eigenvalue weighted by Gasteiger charge is -2.42. The van der Waals surface area contributed by atoms with Gasteiger partial charge < -0.3 is 10.2 Å². The Balaban J connectivity index is 2.21. The van der Waals surface area contributed by atoms with Crippen LogP contribution in [0.4, 0.5) is 5.69 Å². The number of rotatable bonds is 0. The molecule has 2 aliphatic heterocycles. The van der Waals surface area contributed by atoms with Crippen LogP contribution in [0, 0.1) is 19.8 Å². The molecule has 3 nitrogen and oxygen atoms in total. The zero-order valence-corrected chi connectivity index (χ0v) is 11.3. The number of benzene rings is 1. The molecule has 1 fully saturated rings. The summed E-state index contributed by atoms with van der Waals surface area (Å²) in [6.45, 7) is 6.11. The van der Waals surface area contributed by atoms with Crippen LogP contribution in [0.15, 0.2) is 12.1 Å². The predicted molar refractivity (Wildman–Crippen MR) is 73.0 cm³/mol. The van der Waals surface area contributed by atoms with Crippen molar-refractivity contribution in [2.45, 2.75) is 26.2 Å². The average molecular weight is 244 g/mol. The van der Waals surface area contributed by atoms with Gasteiger partial charge in [-0.1, -0.05) is 12.1 Å². The molecule has 1 amide bonds. The number of piperidine rings is 1. The second-order valence-electron chi connectivity index (χ2n) is 5.56. The van der Waals surface area contributed by atoms with E-state index in [2.05, 4.69) is 31.3 Å². The summed E-state index contributed by atoms with van der Waals surface area (Å²) in [5.74, 6) is 0.801. The average Bonchev–Trinajstić information content (AvgIpc) is 2.38. The predicted octanol–water partition coefficient (Wildman–Crippen LogP) is 1.97. The molecule has 2 heterocycles. The van der Waals surface area contributed by atoms with Crippen molar-refractivity contribution in [2.24, 2.45) is 5.92 Å². The van der Waals surface area contributed by atoms with Crippen LogP contribution in [0.5, 0.6) is 0 Å². The quantitative estimate of drug-likeness (QED) is 0.757. The fourth-order valence-electron chi connectivity index (χ4n) is 3.55. The van der Waals surface area contributed by atoms with Crippen LogP contribution >= 0.6 is 0 Å². The number of nitrogens with zero attached hydrogens (tertiary/aromatic N) is 1. The van der Waals surface area contributed by atoms with Crippen molar-refractivity contribution in [3.05, 3.63) is 28.8 Å². The van der Waals surface area contributed by atoms with Gasteiger partial charge in [-0.05, 0) is 43.5 Å². The standard InChI is InChI=1S/C15H20N2O/c1-9-4-5-10(2)14-13(9)11-6-7-16-8-12(11)15(18)17(14)3/h4-5,11-12,16H,6-8H2,1-3H3. The number of hydrogen-bond donors (Lipinski definition) is 1. The van der Waals surface area contributed by atoms with Gasteiger partial charge in [0.1, 0.15) is 0 Å². The first kappa shape index (κ1) is 11.7. The summed E-state index contributed by atoms with van der Waals surface area (Å²) in [5.41, 5.74) is 5.10. The minimum absolute atomic E-state index is 0.122. The number of carbonyl (C=O) groups is 1. The van der Waals surface area contributed by atoms with Crippen molar-refractivity contribution >= 4 is 11.6 Å². The van der Waals surface area contributed by atoms with Crippen molar-refractivity contribution in [1.29, 1.82) is 0 Å². The third kappa shape index (κ3) is 1.50. The van der Waals surface area contributed by atoms with Crippen molar-refractivity contribution in [1.82, 2.24) is 5.32 Å². The smallest absolute Gasteiger partial charge is 0.231 e. The Bertz CT molecular complexity index is 509. The molecular formula is C15H20N2O. The third-order valence-corrected chi connectivity index (χ3v) is 4.47. The molecule has 0 bridgehead atoms. The Morgan fingerprint density at radius 2 is 1.94 bits per heavy atom. The van der Waals surface area contributed by atoms with Gasteiger partial charge in [0.25, 0.3) is 0 Å². The molecule has 0 aliphatic carbocycles. The number of nitrogens with one attached hydrogen (secondary N) is 1. The summed E-state index contributed by atoms with van der Waals surface area (Å²) in [5, 5.41) is 3.35. The fourth-order valence-corrected chi connectivity index (χ4v) is 3.55. The second kappa shape index (κ2) is 4.09. The maximum Gasteiger partial charge on any atom is 0.231 e. The molecule has 0 radical (unpaired) electrons. The van der Waals surface area contributed by atoms with Crippen molar-refractivity contribution in [3.8, 4) is 0 Å². The number of hydrogen-bond acceptors (Lipinski definition) is 2. The highest BCUT2D eigenvalue weighted by molar-refractivity contribution is 5.99. The zero-order valence-electron chi connectivity index (χ0n) is 11.3. The minimum atomic E-state index is 0.122. The van der Waals surface area contributed by atoms with Crippen LogP contribution in [0.2, 0.25) is 0 Å². The van der Waals surface area contributed by atoms with E-state index in [9.17, 15) is 4.79 Å². The van der Waals surface area contributed by atoms with Gasteiger partial charge in [-0.15, -0.1) is 0 Å². The Labute approximate surface area is 108 Å². The highest BCUT2D eigenvalue weighted by atomic mass is 16.2. The first-order chi connectivity index (χ1) is 8.61. The molecule has 3 heteroatoms. The molecule has 1 saturated heterocycles.